The van der Waals surface area contributed by atoms with Crippen molar-refractivity contribution >= 4 is 5.91 Å². The van der Waals surface area contributed by atoms with Crippen molar-refractivity contribution in [1.29, 1.82) is 0 Å². The average molecular weight is 222 g/mol. The summed E-state index contributed by atoms with van der Waals surface area (Å²) in [5.74, 6) is -0.0280. The number of aliphatic hydroxyl groups is 1. The number of hydrogen-bond acceptors (Lipinski definition) is 3. The quantitative estimate of drug-likeness (QED) is 0.724. The first-order valence-electron chi connectivity index (χ1n) is 5.32. The smallest absolute Gasteiger partial charge is 0.234 e. The van der Waals surface area contributed by atoms with Crippen molar-refractivity contribution in [3.05, 3.63) is 35.9 Å². The van der Waals surface area contributed by atoms with Crippen LogP contribution in [-0.4, -0.2) is 42.7 Å². The van der Waals surface area contributed by atoms with E-state index in [0.29, 0.717) is 19.6 Å². The Bertz CT molecular complexity index is 314. The van der Waals surface area contributed by atoms with E-state index in [4.69, 9.17) is 5.11 Å². The molecular weight excluding hydrogens is 204 g/mol. The molecule has 1 aromatic carbocycles. The number of hydrogen-bond donors (Lipinski definition) is 2. The molecule has 0 atom stereocenters. The van der Waals surface area contributed by atoms with E-state index < -0.39 is 0 Å². The number of nitrogens with one attached hydrogen (secondary N) is 1. The average Bonchev–Trinajstić information content (AvgIpc) is 2.28. The van der Waals surface area contributed by atoms with E-state index in [9.17, 15) is 4.79 Å². The Balaban J connectivity index is 2.25. The highest BCUT2D eigenvalue weighted by Gasteiger charge is 2.04. The third-order valence-electron chi connectivity index (χ3n) is 2.23. The number of carbonyl (C=O) groups is 1. The van der Waals surface area contributed by atoms with Gasteiger partial charge >= 0.3 is 0 Å². The predicted octanol–water partition coefficient (Wildman–Crippen LogP) is 0.227. The molecule has 0 bridgehead atoms. The van der Waals surface area contributed by atoms with Crippen LogP contribution < -0.4 is 5.32 Å². The molecule has 1 amide bonds. The molecule has 0 fully saturated rings. The maximum Gasteiger partial charge on any atom is 0.234 e. The first kappa shape index (κ1) is 12.7. The number of benzene rings is 1. The second-order valence-corrected chi connectivity index (χ2v) is 3.72. The van der Waals surface area contributed by atoms with Gasteiger partial charge < -0.3 is 10.4 Å². The minimum Gasteiger partial charge on any atom is -0.395 e. The van der Waals surface area contributed by atoms with Crippen LogP contribution in [0.3, 0.4) is 0 Å². The molecule has 2 N–H and O–H groups in total. The molecule has 0 heterocycles. The lowest BCUT2D eigenvalue weighted by Crippen LogP contribution is -2.36. The summed E-state index contributed by atoms with van der Waals surface area (Å²) in [7, 11) is 1.80. The normalized spacial score (nSPS) is 10.4. The highest BCUT2D eigenvalue weighted by Crippen LogP contribution is 1.96. The molecule has 0 saturated heterocycles. The van der Waals surface area contributed by atoms with Crippen LogP contribution in [0, 0.1) is 0 Å². The molecule has 4 nitrogen and oxygen atoms in total. The highest BCUT2D eigenvalue weighted by molar-refractivity contribution is 5.77. The monoisotopic (exact) mass is 222 g/mol. The molecule has 88 valence electrons. The van der Waals surface area contributed by atoms with Gasteiger partial charge in [0.25, 0.3) is 0 Å². The number of likely N-dealkylation sites (N-methyl/N-ethyl adjacent to an activating group) is 1. The van der Waals surface area contributed by atoms with Crippen LogP contribution in [0.1, 0.15) is 5.56 Å². The number of nitrogens with zero attached hydrogens (tertiary/aromatic N) is 1. The first-order chi connectivity index (χ1) is 7.72. The molecule has 1 rings (SSSR count). The standard InChI is InChI=1S/C12H18N2O2/c1-14(7-8-15)10-12(16)13-9-11-5-3-2-4-6-11/h2-6,15H,7-10H2,1H3,(H,13,16). The summed E-state index contributed by atoms with van der Waals surface area (Å²) in [5, 5.41) is 11.5. The van der Waals surface area contributed by atoms with Crippen molar-refractivity contribution in [1.82, 2.24) is 10.2 Å². The van der Waals surface area contributed by atoms with Crippen molar-refractivity contribution in [2.45, 2.75) is 6.54 Å². The van der Waals surface area contributed by atoms with Gasteiger partial charge in [0.05, 0.1) is 13.2 Å². The molecule has 4 heteroatoms. The fourth-order valence-electron chi connectivity index (χ4n) is 1.35. The fourth-order valence-corrected chi connectivity index (χ4v) is 1.35. The summed E-state index contributed by atoms with van der Waals surface area (Å²) in [6.07, 6.45) is 0. The number of rotatable bonds is 6. The van der Waals surface area contributed by atoms with Gasteiger partial charge in [0, 0.05) is 13.1 Å². The summed E-state index contributed by atoms with van der Waals surface area (Å²) in [6, 6.07) is 9.77. The van der Waals surface area contributed by atoms with Gasteiger partial charge in [-0.2, -0.15) is 0 Å². The highest BCUT2D eigenvalue weighted by atomic mass is 16.3. The maximum atomic E-state index is 11.5. The zero-order chi connectivity index (χ0) is 11.8. The lowest BCUT2D eigenvalue weighted by Gasteiger charge is -2.14. The number of carbonyl (C=O) groups excluding carboxylic acids is 1. The summed E-state index contributed by atoms with van der Waals surface area (Å²) < 4.78 is 0. The number of amides is 1. The molecular formula is C12H18N2O2. The van der Waals surface area contributed by atoms with E-state index in [0.717, 1.165) is 5.56 Å². The van der Waals surface area contributed by atoms with E-state index in [1.54, 1.807) is 11.9 Å². The van der Waals surface area contributed by atoms with E-state index in [1.165, 1.54) is 0 Å². The topological polar surface area (TPSA) is 52.6 Å². The van der Waals surface area contributed by atoms with Crippen LogP contribution in [0.5, 0.6) is 0 Å². The van der Waals surface area contributed by atoms with Crippen LogP contribution in [0.25, 0.3) is 0 Å². The van der Waals surface area contributed by atoms with Gasteiger partial charge in [0.1, 0.15) is 0 Å². The van der Waals surface area contributed by atoms with Crippen LogP contribution in [-0.2, 0) is 11.3 Å². The van der Waals surface area contributed by atoms with Crippen molar-refractivity contribution in [2.75, 3.05) is 26.7 Å². The fraction of sp³-hybridized carbons (Fsp3) is 0.417. The zero-order valence-corrected chi connectivity index (χ0v) is 9.52. The summed E-state index contributed by atoms with van der Waals surface area (Å²) in [5.41, 5.74) is 1.08. The van der Waals surface area contributed by atoms with Crippen molar-refractivity contribution in [2.24, 2.45) is 0 Å². The van der Waals surface area contributed by atoms with Crippen LogP contribution >= 0.6 is 0 Å². The molecule has 0 aliphatic carbocycles. The molecule has 0 aliphatic heterocycles. The van der Waals surface area contributed by atoms with E-state index >= 15 is 0 Å². The van der Waals surface area contributed by atoms with Crippen molar-refractivity contribution in [3.63, 3.8) is 0 Å². The van der Waals surface area contributed by atoms with Gasteiger partial charge in [-0.15, -0.1) is 0 Å². The predicted molar refractivity (Wildman–Crippen MR) is 62.9 cm³/mol. The Morgan fingerprint density at radius 2 is 2.06 bits per heavy atom. The maximum absolute atomic E-state index is 11.5. The van der Waals surface area contributed by atoms with Crippen LogP contribution in [0.2, 0.25) is 0 Å². The Morgan fingerprint density at radius 1 is 1.38 bits per heavy atom. The minimum absolute atomic E-state index is 0.0280. The summed E-state index contributed by atoms with van der Waals surface area (Å²) in [4.78, 5) is 13.2. The molecule has 0 aliphatic rings. The van der Waals surface area contributed by atoms with Crippen LogP contribution in [0.4, 0.5) is 0 Å². The van der Waals surface area contributed by atoms with Gasteiger partial charge in [-0.05, 0) is 12.6 Å². The summed E-state index contributed by atoms with van der Waals surface area (Å²) in [6.45, 7) is 1.45. The Kier molecular flexibility index (Phi) is 5.53. The third kappa shape index (κ3) is 4.91. The van der Waals surface area contributed by atoms with Crippen molar-refractivity contribution in [3.8, 4) is 0 Å². The van der Waals surface area contributed by atoms with Crippen LogP contribution in [0.15, 0.2) is 30.3 Å². The molecule has 0 unspecified atom stereocenters. The van der Waals surface area contributed by atoms with Gasteiger partial charge in [-0.25, -0.2) is 0 Å². The Morgan fingerprint density at radius 3 is 2.69 bits per heavy atom. The molecule has 0 saturated carbocycles. The second-order valence-electron chi connectivity index (χ2n) is 3.72. The molecule has 0 radical (unpaired) electrons. The van der Waals surface area contributed by atoms with E-state index in [1.807, 2.05) is 30.3 Å². The zero-order valence-electron chi connectivity index (χ0n) is 9.52. The van der Waals surface area contributed by atoms with Gasteiger partial charge in [-0.1, -0.05) is 30.3 Å². The number of aliphatic hydroxyl groups excluding tert-OH is 1. The Hall–Kier alpha value is -1.39. The van der Waals surface area contributed by atoms with Gasteiger partial charge in [-0.3, -0.25) is 9.69 Å². The Labute approximate surface area is 95.9 Å². The van der Waals surface area contributed by atoms with Crippen molar-refractivity contribution < 1.29 is 9.90 Å². The largest absolute Gasteiger partial charge is 0.395 e. The third-order valence-corrected chi connectivity index (χ3v) is 2.23. The molecule has 1 aromatic rings. The van der Waals surface area contributed by atoms with E-state index in [-0.39, 0.29) is 12.5 Å². The van der Waals surface area contributed by atoms with Gasteiger partial charge in [0.15, 0.2) is 0 Å². The second kappa shape index (κ2) is 6.98. The SMILES string of the molecule is CN(CCO)CC(=O)NCc1ccccc1. The lowest BCUT2D eigenvalue weighted by atomic mass is 10.2. The lowest BCUT2D eigenvalue weighted by molar-refractivity contribution is -0.122. The molecule has 0 aromatic heterocycles. The van der Waals surface area contributed by atoms with E-state index in [2.05, 4.69) is 5.32 Å². The first-order valence-corrected chi connectivity index (χ1v) is 5.32. The minimum atomic E-state index is -0.0280. The van der Waals surface area contributed by atoms with Gasteiger partial charge in [0.2, 0.25) is 5.91 Å². The molecule has 16 heavy (non-hydrogen) atoms. The summed E-state index contributed by atoms with van der Waals surface area (Å²) >= 11 is 0. The molecule has 0 spiro atoms.